The number of aliphatic hydroxyl groups is 1. The van der Waals surface area contributed by atoms with Gasteiger partial charge in [0.1, 0.15) is 5.78 Å². The van der Waals surface area contributed by atoms with Crippen LogP contribution in [-0.4, -0.2) is 41.5 Å². The Kier molecular flexibility index (Phi) is 3.65. The first-order chi connectivity index (χ1) is 12.4. The van der Waals surface area contributed by atoms with Crippen LogP contribution in [0.1, 0.15) is 65.2 Å². The number of aliphatic hydroxyl groups excluding tert-OH is 1. The van der Waals surface area contributed by atoms with Crippen LogP contribution in [0.5, 0.6) is 0 Å². The molecule has 0 aromatic carbocycles. The van der Waals surface area contributed by atoms with Crippen molar-refractivity contribution in [3.63, 3.8) is 0 Å². The van der Waals surface area contributed by atoms with Crippen LogP contribution >= 0.6 is 0 Å². The lowest BCUT2D eigenvalue weighted by Crippen LogP contribution is -2.73. The summed E-state index contributed by atoms with van der Waals surface area (Å²) in [5.41, 5.74) is 0.988. The predicted octanol–water partition coefficient (Wildman–Crippen LogP) is 3.81. The zero-order chi connectivity index (χ0) is 18.3. The lowest BCUT2D eigenvalue weighted by atomic mass is 9.34. The summed E-state index contributed by atoms with van der Waals surface area (Å²) in [7, 11) is 0. The Bertz CT molecular complexity index is 659. The number of nitrogens with zero attached hydrogens (tertiary/aromatic N) is 1. The van der Waals surface area contributed by atoms with E-state index in [9.17, 15) is 9.90 Å². The van der Waals surface area contributed by atoms with Gasteiger partial charge in [-0.3, -0.25) is 4.79 Å². The van der Waals surface area contributed by atoms with E-state index >= 15 is 0 Å². The van der Waals surface area contributed by atoms with E-state index in [2.05, 4.69) is 25.3 Å². The molecule has 0 aromatic heterocycles. The zero-order valence-corrected chi connectivity index (χ0v) is 16.6. The van der Waals surface area contributed by atoms with Gasteiger partial charge in [0, 0.05) is 19.5 Å². The normalized spacial score (nSPS) is 53.3. The Hall–Kier alpha value is -0.670. The van der Waals surface area contributed by atoms with Crippen LogP contribution < -0.4 is 0 Å². The second-order valence-electron chi connectivity index (χ2n) is 10.7. The van der Waals surface area contributed by atoms with Gasteiger partial charge in [-0.1, -0.05) is 26.8 Å². The zero-order valence-electron chi connectivity index (χ0n) is 16.6. The summed E-state index contributed by atoms with van der Waals surface area (Å²) in [6.07, 6.45) is 8.23. The SMILES string of the molecule is C=C1[C@H]2CCC3(C(=O)CC4[C@@]5(C)CCC[C@@]4(CN(CCC)C5)C3C2)[C@H]1O. The van der Waals surface area contributed by atoms with Crippen LogP contribution in [0, 0.1) is 34.0 Å². The van der Waals surface area contributed by atoms with Crippen molar-refractivity contribution in [2.24, 2.45) is 34.0 Å². The van der Waals surface area contributed by atoms with Crippen LogP contribution in [0.25, 0.3) is 0 Å². The topological polar surface area (TPSA) is 40.5 Å². The minimum atomic E-state index is -0.586. The molecule has 1 spiro atoms. The van der Waals surface area contributed by atoms with Crippen molar-refractivity contribution in [2.45, 2.75) is 71.3 Å². The fourth-order valence-corrected chi connectivity index (χ4v) is 8.70. The van der Waals surface area contributed by atoms with Gasteiger partial charge in [0.2, 0.25) is 0 Å². The smallest absolute Gasteiger partial charge is 0.142 e. The standard InChI is InChI=1S/C23H35NO2/c1-4-10-24-13-21(3)7-5-8-22(14-24)17(21)12-19(25)23-9-6-16(11-18(22)23)15(2)20(23)26/h16-18,20,26H,2,4-14H2,1,3H3/t16-,17?,18?,20-,21-,22-,23?/m0/s1. The predicted molar refractivity (Wildman–Crippen MR) is 103 cm³/mol. The number of ketones is 1. The molecule has 6 aliphatic rings. The maximum absolute atomic E-state index is 13.6. The number of fused-ring (bicyclic) bond motifs is 2. The third-order valence-corrected chi connectivity index (χ3v) is 9.58. The van der Waals surface area contributed by atoms with Crippen molar-refractivity contribution in [1.82, 2.24) is 4.90 Å². The molecule has 6 rings (SSSR count). The Morgan fingerprint density at radius 3 is 2.81 bits per heavy atom. The molecule has 0 radical (unpaired) electrons. The van der Waals surface area contributed by atoms with Crippen molar-refractivity contribution in [3.05, 3.63) is 12.2 Å². The first kappa shape index (κ1) is 17.4. The van der Waals surface area contributed by atoms with E-state index in [1.165, 1.54) is 38.8 Å². The number of likely N-dealkylation sites (tertiary alicyclic amines) is 1. The Morgan fingerprint density at radius 2 is 2.04 bits per heavy atom. The molecule has 26 heavy (non-hydrogen) atoms. The number of carbonyl (C=O) groups excluding carboxylic acids is 1. The van der Waals surface area contributed by atoms with Crippen LogP contribution in [-0.2, 0) is 4.79 Å². The molecular weight excluding hydrogens is 322 g/mol. The number of hydrogen-bond acceptors (Lipinski definition) is 3. The summed E-state index contributed by atoms with van der Waals surface area (Å²) >= 11 is 0. The van der Waals surface area contributed by atoms with E-state index in [4.69, 9.17) is 0 Å². The lowest BCUT2D eigenvalue weighted by molar-refractivity contribution is -0.229. The summed E-state index contributed by atoms with van der Waals surface area (Å²) < 4.78 is 0. The molecule has 1 aliphatic heterocycles. The third kappa shape index (κ3) is 1.90. The quantitative estimate of drug-likeness (QED) is 0.764. The van der Waals surface area contributed by atoms with Crippen LogP contribution in [0.2, 0.25) is 0 Å². The molecule has 6 fully saturated rings. The Morgan fingerprint density at radius 1 is 1.23 bits per heavy atom. The molecule has 3 heteroatoms. The highest BCUT2D eigenvalue weighted by Gasteiger charge is 2.72. The largest absolute Gasteiger partial charge is 0.388 e. The number of carbonyl (C=O) groups is 1. The van der Waals surface area contributed by atoms with Gasteiger partial charge < -0.3 is 10.0 Å². The van der Waals surface area contributed by atoms with E-state index in [0.717, 1.165) is 31.4 Å². The minimum Gasteiger partial charge on any atom is -0.388 e. The Balaban J connectivity index is 1.64. The number of Topliss-reactive ketones (excluding diaryl/α,β-unsaturated/α-hetero) is 1. The maximum atomic E-state index is 13.6. The molecule has 7 atom stereocenters. The highest BCUT2D eigenvalue weighted by Crippen LogP contribution is 2.72. The highest BCUT2D eigenvalue weighted by molar-refractivity contribution is 5.88. The van der Waals surface area contributed by atoms with Crippen LogP contribution in [0.15, 0.2) is 12.2 Å². The molecule has 0 amide bonds. The van der Waals surface area contributed by atoms with Crippen molar-refractivity contribution in [1.29, 1.82) is 0 Å². The van der Waals surface area contributed by atoms with Gasteiger partial charge in [-0.25, -0.2) is 0 Å². The van der Waals surface area contributed by atoms with Gasteiger partial charge >= 0.3 is 0 Å². The molecule has 3 nitrogen and oxygen atoms in total. The molecule has 1 heterocycles. The van der Waals surface area contributed by atoms with Crippen molar-refractivity contribution < 1.29 is 9.90 Å². The molecule has 4 bridgehead atoms. The molecular formula is C23H35NO2. The monoisotopic (exact) mass is 357 g/mol. The average molecular weight is 358 g/mol. The molecule has 1 N–H and O–H groups in total. The van der Waals surface area contributed by atoms with Gasteiger partial charge in [-0.15, -0.1) is 0 Å². The maximum Gasteiger partial charge on any atom is 0.142 e. The number of rotatable bonds is 2. The highest BCUT2D eigenvalue weighted by atomic mass is 16.3. The van der Waals surface area contributed by atoms with Gasteiger partial charge in [0.05, 0.1) is 11.5 Å². The fraction of sp³-hybridized carbons (Fsp3) is 0.870. The van der Waals surface area contributed by atoms with Crippen molar-refractivity contribution >= 4 is 5.78 Å². The molecule has 5 saturated carbocycles. The first-order valence-electron chi connectivity index (χ1n) is 11.0. The van der Waals surface area contributed by atoms with Gasteiger partial charge in [0.25, 0.3) is 0 Å². The molecule has 1 saturated heterocycles. The summed E-state index contributed by atoms with van der Waals surface area (Å²) in [4.78, 5) is 16.3. The minimum absolute atomic E-state index is 0.245. The summed E-state index contributed by atoms with van der Waals surface area (Å²) in [6, 6.07) is 0. The molecule has 3 unspecified atom stereocenters. The average Bonchev–Trinajstić information content (AvgIpc) is 2.60. The van der Waals surface area contributed by atoms with Crippen molar-refractivity contribution in [2.75, 3.05) is 19.6 Å². The number of hydrogen-bond donors (Lipinski definition) is 1. The van der Waals surface area contributed by atoms with Crippen LogP contribution in [0.3, 0.4) is 0 Å². The lowest BCUT2D eigenvalue weighted by Gasteiger charge is -2.72. The van der Waals surface area contributed by atoms with Gasteiger partial charge in [-0.2, -0.15) is 0 Å². The Labute approximate surface area is 158 Å². The van der Waals surface area contributed by atoms with Crippen LogP contribution in [0.4, 0.5) is 0 Å². The molecule has 5 aliphatic carbocycles. The second-order valence-corrected chi connectivity index (χ2v) is 10.7. The van der Waals surface area contributed by atoms with Gasteiger partial charge in [0.15, 0.2) is 0 Å². The molecule has 0 aromatic rings. The summed E-state index contributed by atoms with van der Waals surface area (Å²) in [6.45, 7) is 12.5. The second kappa shape index (κ2) is 5.44. The summed E-state index contributed by atoms with van der Waals surface area (Å²) in [5, 5.41) is 11.2. The van der Waals surface area contributed by atoms with E-state index in [1.54, 1.807) is 0 Å². The van der Waals surface area contributed by atoms with E-state index in [1.807, 2.05) is 0 Å². The fourth-order valence-electron chi connectivity index (χ4n) is 8.70. The van der Waals surface area contributed by atoms with Gasteiger partial charge in [-0.05, 0) is 79.2 Å². The van der Waals surface area contributed by atoms with E-state index < -0.39 is 11.5 Å². The van der Waals surface area contributed by atoms with Crippen molar-refractivity contribution in [3.8, 4) is 0 Å². The van der Waals surface area contributed by atoms with E-state index in [-0.39, 0.29) is 10.8 Å². The van der Waals surface area contributed by atoms with E-state index in [0.29, 0.717) is 30.0 Å². The first-order valence-corrected chi connectivity index (χ1v) is 11.0. The molecule has 144 valence electrons. The third-order valence-electron chi connectivity index (χ3n) is 9.58. The summed E-state index contributed by atoms with van der Waals surface area (Å²) in [5.74, 6) is 1.72. The number of piperidine rings is 1.